The third-order valence-corrected chi connectivity index (χ3v) is 8.41. The zero-order valence-electron chi connectivity index (χ0n) is 16.5. The number of β-lactam (4-membered cyclic amide) rings is 1. The van der Waals surface area contributed by atoms with Crippen LogP contribution >= 0.6 is 34.9 Å². The summed E-state index contributed by atoms with van der Waals surface area (Å²) in [5.74, 6) is -1.69. The van der Waals surface area contributed by atoms with Crippen LogP contribution in [0.15, 0.2) is 45.9 Å². The Bertz CT molecular complexity index is 1080. The molecule has 2 amide bonds. The van der Waals surface area contributed by atoms with Crippen LogP contribution in [0.5, 0.6) is 0 Å². The lowest BCUT2D eigenvalue weighted by Gasteiger charge is -2.49. The van der Waals surface area contributed by atoms with Crippen molar-refractivity contribution in [2.45, 2.75) is 28.4 Å². The molecule has 32 heavy (non-hydrogen) atoms. The van der Waals surface area contributed by atoms with E-state index in [4.69, 9.17) is 5.73 Å². The van der Waals surface area contributed by atoms with Gasteiger partial charge in [-0.05, 0) is 11.1 Å². The smallest absolute Gasteiger partial charge is 0.352 e. The number of aromatic nitrogens is 2. The molecule has 3 atom stereocenters. The first kappa shape index (κ1) is 22.7. The number of carboxylic acids is 1. The summed E-state index contributed by atoms with van der Waals surface area (Å²) in [5.41, 5.74) is 6.47. The van der Waals surface area contributed by atoms with Crippen LogP contribution in [0.2, 0.25) is 0 Å². The Morgan fingerprint density at radius 2 is 2.06 bits per heavy atom. The molecular formula is C19H19N5O5S3. The first-order chi connectivity index (χ1) is 15.4. The predicted octanol–water partition coefficient (Wildman–Crippen LogP) is 0.561. The number of hydrogen-bond donors (Lipinski definition) is 4. The predicted molar refractivity (Wildman–Crippen MR) is 120 cm³/mol. The van der Waals surface area contributed by atoms with Gasteiger partial charge in [-0.25, -0.2) is 4.79 Å². The Hall–Kier alpha value is -2.45. The molecule has 2 aliphatic heterocycles. The van der Waals surface area contributed by atoms with Crippen molar-refractivity contribution in [1.82, 2.24) is 20.4 Å². The van der Waals surface area contributed by atoms with Crippen molar-refractivity contribution in [2.24, 2.45) is 5.73 Å². The lowest BCUT2D eigenvalue weighted by atomic mass is 10.0. The summed E-state index contributed by atoms with van der Waals surface area (Å²) in [6, 6.07) is 7.47. The number of benzene rings is 1. The Morgan fingerprint density at radius 1 is 1.31 bits per heavy atom. The summed E-state index contributed by atoms with van der Waals surface area (Å²) >= 11 is 4.05. The zero-order chi connectivity index (χ0) is 22.8. The molecule has 5 N–H and O–H groups in total. The number of rotatable bonds is 8. The maximum Gasteiger partial charge on any atom is 0.352 e. The Kier molecular flexibility index (Phi) is 6.81. The number of carboxylic acid groups (broad SMARTS) is 1. The molecule has 1 saturated heterocycles. The molecule has 1 aromatic heterocycles. The third-order valence-electron chi connectivity index (χ3n) is 4.90. The van der Waals surface area contributed by atoms with Crippen molar-refractivity contribution < 1.29 is 24.6 Å². The molecule has 1 fully saturated rings. The topological polar surface area (TPSA) is 159 Å². The number of fused-ring (bicyclic) bond motifs is 1. The average molecular weight is 494 g/mol. The maximum atomic E-state index is 12.7. The average Bonchev–Trinajstić information content (AvgIpc) is 3.28. The fourth-order valence-corrected chi connectivity index (χ4v) is 6.60. The number of hydrogen-bond acceptors (Lipinski definition) is 10. The van der Waals surface area contributed by atoms with Crippen molar-refractivity contribution >= 4 is 52.6 Å². The molecule has 13 heteroatoms. The number of carbonyl (C=O) groups is 3. The molecule has 10 nitrogen and oxygen atoms in total. The first-order valence-corrected chi connectivity index (χ1v) is 12.3. The number of amides is 2. The second kappa shape index (κ2) is 9.58. The lowest BCUT2D eigenvalue weighted by Crippen LogP contribution is -2.70. The van der Waals surface area contributed by atoms with Crippen LogP contribution in [0, 0.1) is 0 Å². The van der Waals surface area contributed by atoms with Gasteiger partial charge in [0.15, 0.2) is 10.4 Å². The number of aliphatic carboxylic acids is 1. The minimum Gasteiger partial charge on any atom is -0.477 e. The van der Waals surface area contributed by atoms with Crippen LogP contribution in [0.25, 0.3) is 0 Å². The van der Waals surface area contributed by atoms with Gasteiger partial charge in [-0.3, -0.25) is 14.5 Å². The summed E-state index contributed by atoms with van der Waals surface area (Å²) in [7, 11) is 0. The minimum absolute atomic E-state index is 0.0658. The third kappa shape index (κ3) is 4.38. The molecular weight excluding hydrogens is 474 g/mol. The molecule has 0 spiro atoms. The molecule has 0 radical (unpaired) electrons. The van der Waals surface area contributed by atoms with Crippen LogP contribution in [0.4, 0.5) is 0 Å². The van der Waals surface area contributed by atoms with Gasteiger partial charge in [-0.1, -0.05) is 53.4 Å². The van der Waals surface area contributed by atoms with E-state index in [9.17, 15) is 24.6 Å². The monoisotopic (exact) mass is 493 g/mol. The fourth-order valence-electron chi connectivity index (χ4n) is 3.34. The second-order valence-electron chi connectivity index (χ2n) is 6.92. The van der Waals surface area contributed by atoms with E-state index in [1.165, 1.54) is 39.8 Å². The number of nitrogens with one attached hydrogen (secondary N) is 1. The van der Waals surface area contributed by atoms with Crippen molar-refractivity contribution in [2.75, 3.05) is 11.5 Å². The van der Waals surface area contributed by atoms with Gasteiger partial charge in [0.2, 0.25) is 0 Å². The Balaban J connectivity index is 1.44. The Labute approximate surface area is 195 Å². The Morgan fingerprint density at radius 3 is 2.72 bits per heavy atom. The van der Waals surface area contributed by atoms with Gasteiger partial charge in [0.05, 0.1) is 0 Å². The van der Waals surface area contributed by atoms with Gasteiger partial charge in [-0.2, -0.15) is 0 Å². The van der Waals surface area contributed by atoms with Crippen LogP contribution in [-0.2, 0) is 20.9 Å². The minimum atomic E-state index is -1.42. The van der Waals surface area contributed by atoms with Crippen LogP contribution < -0.4 is 11.1 Å². The van der Waals surface area contributed by atoms with Crippen molar-refractivity contribution in [3.8, 4) is 0 Å². The highest BCUT2D eigenvalue weighted by atomic mass is 32.2. The van der Waals surface area contributed by atoms with Crippen LogP contribution in [-0.4, -0.2) is 66.0 Å². The maximum absolute atomic E-state index is 12.7. The second-order valence-corrected chi connectivity index (χ2v) is 10.3. The summed E-state index contributed by atoms with van der Waals surface area (Å²) < 4.78 is 0.671. The molecule has 2 aliphatic rings. The van der Waals surface area contributed by atoms with E-state index in [2.05, 4.69) is 15.5 Å². The van der Waals surface area contributed by atoms with E-state index in [1.807, 2.05) is 0 Å². The van der Waals surface area contributed by atoms with E-state index in [-0.39, 0.29) is 12.2 Å². The number of aliphatic hydroxyl groups excluding tert-OH is 1. The standard InChI is InChI=1S/C19H19N5O5S3/c20-6-11-22-23-19(32-11)31-8-10-7-30-17-12(16(27)24(17)13(10)18(28)29)21-15(26)14(25)9-4-2-1-3-5-9/h1-5,12,14,17,25H,6-8,20H2,(H,21,26)(H,28,29)/t12?,14-,17-/m1/s1. The van der Waals surface area contributed by atoms with E-state index >= 15 is 0 Å². The molecule has 4 rings (SSSR count). The number of carbonyl (C=O) groups excluding carboxylic acids is 2. The quantitative estimate of drug-likeness (QED) is 0.302. The van der Waals surface area contributed by atoms with Crippen molar-refractivity contribution in [1.29, 1.82) is 0 Å². The van der Waals surface area contributed by atoms with Gasteiger partial charge in [-0.15, -0.1) is 22.0 Å². The lowest BCUT2D eigenvalue weighted by molar-refractivity contribution is -0.151. The van der Waals surface area contributed by atoms with Gasteiger partial charge in [0.25, 0.3) is 11.8 Å². The molecule has 168 valence electrons. The summed E-state index contributed by atoms with van der Waals surface area (Å²) in [4.78, 5) is 38.3. The van der Waals surface area contributed by atoms with Gasteiger partial charge in [0.1, 0.15) is 22.1 Å². The summed E-state index contributed by atoms with van der Waals surface area (Å²) in [5, 5.41) is 30.7. The number of nitrogens with zero attached hydrogens (tertiary/aromatic N) is 3. The summed E-state index contributed by atoms with van der Waals surface area (Å²) in [6.07, 6.45) is -1.42. The molecule has 1 aromatic carbocycles. The highest BCUT2D eigenvalue weighted by Crippen LogP contribution is 2.42. The molecule has 0 bridgehead atoms. The van der Waals surface area contributed by atoms with Crippen molar-refractivity contribution in [3.63, 3.8) is 0 Å². The molecule has 1 unspecified atom stereocenters. The number of aliphatic hydroxyl groups is 1. The number of nitrogens with two attached hydrogens (primary N) is 1. The van der Waals surface area contributed by atoms with Crippen molar-refractivity contribution in [3.05, 3.63) is 52.2 Å². The molecule has 3 heterocycles. The highest BCUT2D eigenvalue weighted by molar-refractivity contribution is 8.01. The number of thioether (sulfide) groups is 2. The van der Waals surface area contributed by atoms with Gasteiger partial charge < -0.3 is 21.3 Å². The van der Waals surface area contributed by atoms with Crippen LogP contribution in [0.1, 0.15) is 16.7 Å². The van der Waals surface area contributed by atoms with E-state index in [0.29, 0.717) is 32.0 Å². The van der Waals surface area contributed by atoms with E-state index < -0.39 is 35.3 Å². The van der Waals surface area contributed by atoms with Gasteiger partial charge >= 0.3 is 5.97 Å². The van der Waals surface area contributed by atoms with E-state index in [1.54, 1.807) is 30.3 Å². The largest absolute Gasteiger partial charge is 0.477 e. The summed E-state index contributed by atoms with van der Waals surface area (Å²) in [6.45, 7) is 0.285. The molecule has 0 saturated carbocycles. The zero-order valence-corrected chi connectivity index (χ0v) is 19.0. The normalized spacial score (nSPS) is 21.1. The molecule has 2 aromatic rings. The van der Waals surface area contributed by atoms with Gasteiger partial charge in [0, 0.05) is 18.1 Å². The fraction of sp³-hybridized carbons (Fsp3) is 0.316. The van der Waals surface area contributed by atoms with E-state index in [0.717, 1.165) is 0 Å². The SMILES string of the molecule is NCc1nnc(SCC2=C(C(=O)O)N3C(=O)C(NC(=O)[C@H](O)c4ccccc4)[C@H]3SC2)s1. The first-order valence-electron chi connectivity index (χ1n) is 9.49. The molecule has 0 aliphatic carbocycles. The highest BCUT2D eigenvalue weighted by Gasteiger charge is 2.54. The van der Waals surface area contributed by atoms with Crippen LogP contribution in [0.3, 0.4) is 0 Å².